The molecule has 1 atom stereocenters. The van der Waals surface area contributed by atoms with Crippen LogP contribution in [0.15, 0.2) is 33.6 Å². The fourth-order valence-corrected chi connectivity index (χ4v) is 3.98. The Hall–Kier alpha value is -0.390. The van der Waals surface area contributed by atoms with E-state index in [1.54, 1.807) is 24.3 Å². The maximum atomic E-state index is 12.1. The average Bonchev–Trinajstić information content (AvgIpc) is 3.00. The Morgan fingerprint density at radius 1 is 1.38 bits per heavy atom. The Kier molecular flexibility index (Phi) is 3.37. The minimum atomic E-state index is -3.39. The van der Waals surface area contributed by atoms with Crippen LogP contribution >= 0.6 is 15.9 Å². The number of hydrogen-bond acceptors (Lipinski definition) is 2. The normalized spacial score (nSPS) is 18.4. The minimum absolute atomic E-state index is 0.0251. The molecule has 1 saturated carbocycles. The zero-order chi connectivity index (χ0) is 11.8. The van der Waals surface area contributed by atoms with E-state index in [0.717, 1.165) is 12.8 Å². The van der Waals surface area contributed by atoms with Crippen molar-refractivity contribution < 1.29 is 8.42 Å². The number of nitrogens with one attached hydrogen (secondary N) is 1. The van der Waals surface area contributed by atoms with Crippen molar-refractivity contribution in [2.75, 3.05) is 0 Å². The standard InChI is InChI=1S/C11H14BrNO2S/c1-8(9-6-7-9)13-16(14,15)11-5-3-2-4-10(11)12/h2-5,8-9,13H,6-7H2,1H3/t8-/m1/s1. The lowest BCUT2D eigenvalue weighted by atomic mass is 10.2. The van der Waals surface area contributed by atoms with Crippen LogP contribution in [0.4, 0.5) is 0 Å². The molecule has 1 N–H and O–H groups in total. The van der Waals surface area contributed by atoms with Gasteiger partial charge in [0.2, 0.25) is 10.0 Å². The van der Waals surface area contributed by atoms with E-state index in [0.29, 0.717) is 15.3 Å². The van der Waals surface area contributed by atoms with Gasteiger partial charge in [-0.3, -0.25) is 0 Å². The van der Waals surface area contributed by atoms with Gasteiger partial charge in [0.25, 0.3) is 0 Å². The summed E-state index contributed by atoms with van der Waals surface area (Å²) in [5, 5.41) is 0. The molecule has 16 heavy (non-hydrogen) atoms. The molecule has 0 unspecified atom stereocenters. The lowest BCUT2D eigenvalue weighted by molar-refractivity contribution is 0.537. The summed E-state index contributed by atoms with van der Waals surface area (Å²) in [6, 6.07) is 6.88. The molecule has 0 radical (unpaired) electrons. The fourth-order valence-electron chi connectivity index (χ4n) is 1.66. The van der Waals surface area contributed by atoms with Crippen molar-refractivity contribution in [3.63, 3.8) is 0 Å². The van der Waals surface area contributed by atoms with Gasteiger partial charge in [0, 0.05) is 10.5 Å². The zero-order valence-corrected chi connectivity index (χ0v) is 11.4. The third-order valence-electron chi connectivity index (χ3n) is 2.80. The van der Waals surface area contributed by atoms with Crippen LogP contribution in [0.25, 0.3) is 0 Å². The molecule has 3 nitrogen and oxygen atoms in total. The van der Waals surface area contributed by atoms with Gasteiger partial charge >= 0.3 is 0 Å². The highest BCUT2D eigenvalue weighted by molar-refractivity contribution is 9.10. The van der Waals surface area contributed by atoms with E-state index in [2.05, 4.69) is 20.7 Å². The summed E-state index contributed by atoms with van der Waals surface area (Å²) < 4.78 is 27.4. The monoisotopic (exact) mass is 303 g/mol. The van der Waals surface area contributed by atoms with E-state index >= 15 is 0 Å². The molecule has 1 fully saturated rings. The van der Waals surface area contributed by atoms with Crippen LogP contribution in [0.1, 0.15) is 19.8 Å². The molecular formula is C11H14BrNO2S. The minimum Gasteiger partial charge on any atom is -0.208 e. The first-order valence-corrected chi connectivity index (χ1v) is 7.55. The molecule has 88 valence electrons. The van der Waals surface area contributed by atoms with Gasteiger partial charge in [-0.2, -0.15) is 0 Å². The van der Waals surface area contributed by atoms with Crippen LogP contribution in [0.3, 0.4) is 0 Å². The molecule has 0 spiro atoms. The Morgan fingerprint density at radius 2 is 2.00 bits per heavy atom. The topological polar surface area (TPSA) is 46.2 Å². The molecule has 1 aliphatic carbocycles. The zero-order valence-electron chi connectivity index (χ0n) is 8.98. The highest BCUT2D eigenvalue weighted by atomic mass is 79.9. The third kappa shape index (κ3) is 2.64. The van der Waals surface area contributed by atoms with Gasteiger partial charge in [0.15, 0.2) is 0 Å². The van der Waals surface area contributed by atoms with Crippen molar-refractivity contribution >= 4 is 26.0 Å². The van der Waals surface area contributed by atoms with Crippen molar-refractivity contribution in [1.29, 1.82) is 0 Å². The number of hydrogen-bond donors (Lipinski definition) is 1. The Labute approximate surface area is 104 Å². The van der Waals surface area contributed by atoms with Gasteiger partial charge in [-0.25, -0.2) is 13.1 Å². The maximum absolute atomic E-state index is 12.1. The van der Waals surface area contributed by atoms with Crippen LogP contribution in [-0.2, 0) is 10.0 Å². The highest BCUT2D eigenvalue weighted by Crippen LogP contribution is 2.33. The summed E-state index contributed by atoms with van der Waals surface area (Å²) in [5.41, 5.74) is 0. The Bertz CT molecular complexity index is 483. The number of sulfonamides is 1. The summed E-state index contributed by atoms with van der Waals surface area (Å²) in [6.07, 6.45) is 2.25. The van der Waals surface area contributed by atoms with Crippen molar-refractivity contribution in [1.82, 2.24) is 4.72 Å². The van der Waals surface area contributed by atoms with Gasteiger partial charge < -0.3 is 0 Å². The molecule has 0 bridgehead atoms. The van der Waals surface area contributed by atoms with Gasteiger partial charge in [0.1, 0.15) is 0 Å². The van der Waals surface area contributed by atoms with Crippen LogP contribution < -0.4 is 4.72 Å². The van der Waals surface area contributed by atoms with Crippen molar-refractivity contribution in [3.8, 4) is 0 Å². The third-order valence-corrected chi connectivity index (χ3v) is 5.37. The van der Waals surface area contributed by atoms with E-state index in [4.69, 9.17) is 0 Å². The molecule has 1 aromatic carbocycles. The predicted octanol–water partition coefficient (Wildman–Crippen LogP) is 2.53. The second kappa shape index (κ2) is 4.47. The fraction of sp³-hybridized carbons (Fsp3) is 0.455. The summed E-state index contributed by atoms with van der Waals surface area (Å²) in [6.45, 7) is 1.92. The van der Waals surface area contributed by atoms with E-state index in [-0.39, 0.29) is 6.04 Å². The van der Waals surface area contributed by atoms with Gasteiger partial charge in [-0.05, 0) is 53.7 Å². The second-order valence-electron chi connectivity index (χ2n) is 4.18. The number of rotatable bonds is 4. The number of halogens is 1. The molecule has 0 aliphatic heterocycles. The van der Waals surface area contributed by atoms with Gasteiger partial charge in [-0.1, -0.05) is 12.1 Å². The van der Waals surface area contributed by atoms with Gasteiger partial charge in [0.05, 0.1) is 4.90 Å². The first kappa shape index (κ1) is 12.1. The first-order chi connectivity index (χ1) is 7.50. The SMILES string of the molecule is C[C@@H](NS(=O)(=O)c1ccccc1Br)C1CC1. The quantitative estimate of drug-likeness (QED) is 0.929. The molecule has 0 saturated heterocycles. The Balaban J connectivity index is 2.21. The van der Waals surface area contributed by atoms with E-state index in [9.17, 15) is 8.42 Å². The van der Waals surface area contributed by atoms with Crippen LogP contribution in [-0.4, -0.2) is 14.5 Å². The Morgan fingerprint density at radius 3 is 2.56 bits per heavy atom. The largest absolute Gasteiger partial charge is 0.241 e. The first-order valence-electron chi connectivity index (χ1n) is 5.27. The summed E-state index contributed by atoms with van der Waals surface area (Å²) in [7, 11) is -3.39. The summed E-state index contributed by atoms with van der Waals surface area (Å²) in [4.78, 5) is 0.308. The lowest BCUT2D eigenvalue weighted by Crippen LogP contribution is -2.34. The van der Waals surface area contributed by atoms with Crippen molar-refractivity contribution in [2.45, 2.75) is 30.7 Å². The highest BCUT2D eigenvalue weighted by Gasteiger charge is 2.31. The number of benzene rings is 1. The maximum Gasteiger partial charge on any atom is 0.241 e. The average molecular weight is 304 g/mol. The molecule has 0 amide bonds. The molecule has 0 aromatic heterocycles. The van der Waals surface area contributed by atoms with Crippen LogP contribution in [0.2, 0.25) is 0 Å². The smallest absolute Gasteiger partial charge is 0.208 e. The van der Waals surface area contributed by atoms with Crippen LogP contribution in [0.5, 0.6) is 0 Å². The molecule has 1 aromatic rings. The molecule has 0 heterocycles. The van der Waals surface area contributed by atoms with E-state index in [1.165, 1.54) is 0 Å². The molecular weight excluding hydrogens is 290 g/mol. The van der Waals surface area contributed by atoms with Crippen molar-refractivity contribution in [3.05, 3.63) is 28.7 Å². The molecule has 2 rings (SSSR count). The second-order valence-corrected chi connectivity index (χ2v) is 6.71. The molecule has 1 aliphatic rings. The predicted molar refractivity (Wildman–Crippen MR) is 66.6 cm³/mol. The summed E-state index contributed by atoms with van der Waals surface area (Å²) in [5.74, 6) is 0.511. The van der Waals surface area contributed by atoms with E-state index in [1.807, 2.05) is 6.92 Å². The van der Waals surface area contributed by atoms with Crippen molar-refractivity contribution in [2.24, 2.45) is 5.92 Å². The van der Waals surface area contributed by atoms with Crippen LogP contribution in [0, 0.1) is 5.92 Å². The van der Waals surface area contributed by atoms with E-state index < -0.39 is 10.0 Å². The lowest BCUT2D eigenvalue weighted by Gasteiger charge is -2.14. The molecule has 5 heteroatoms. The van der Waals surface area contributed by atoms with Gasteiger partial charge in [-0.15, -0.1) is 0 Å². The summed E-state index contributed by atoms with van der Waals surface area (Å²) >= 11 is 3.26.